The lowest BCUT2D eigenvalue weighted by Gasteiger charge is -2.31. The van der Waals surface area contributed by atoms with Crippen molar-refractivity contribution in [2.45, 2.75) is 39.0 Å². The van der Waals surface area contributed by atoms with Gasteiger partial charge in [-0.05, 0) is 36.0 Å². The van der Waals surface area contributed by atoms with Gasteiger partial charge in [0, 0.05) is 30.1 Å². The van der Waals surface area contributed by atoms with Crippen LogP contribution in [-0.2, 0) is 10.2 Å². The highest BCUT2D eigenvalue weighted by molar-refractivity contribution is 5.98. The Morgan fingerprint density at radius 2 is 1.50 bits per heavy atom. The minimum Gasteiger partial charge on any atom is -0.343 e. The van der Waals surface area contributed by atoms with Gasteiger partial charge >= 0.3 is 0 Å². The van der Waals surface area contributed by atoms with E-state index in [9.17, 15) is 14.4 Å². The van der Waals surface area contributed by atoms with Gasteiger partial charge < -0.3 is 10.2 Å². The lowest BCUT2D eigenvalue weighted by molar-refractivity contribution is -0.131. The summed E-state index contributed by atoms with van der Waals surface area (Å²) < 4.78 is 0. The largest absolute Gasteiger partial charge is 0.343 e. The van der Waals surface area contributed by atoms with Gasteiger partial charge in [0.25, 0.3) is 5.91 Å². The molecule has 0 radical (unpaired) electrons. The number of hydrogen-bond acceptors (Lipinski definition) is 3. The van der Waals surface area contributed by atoms with Crippen molar-refractivity contribution in [3.63, 3.8) is 0 Å². The molecule has 0 unspecified atom stereocenters. The molecule has 158 valence electrons. The summed E-state index contributed by atoms with van der Waals surface area (Å²) in [7, 11) is 0. The molecule has 0 aliphatic carbocycles. The molecule has 30 heavy (non-hydrogen) atoms. The molecule has 2 aromatic carbocycles. The monoisotopic (exact) mass is 406 g/mol. The van der Waals surface area contributed by atoms with Crippen LogP contribution in [0.25, 0.3) is 0 Å². The van der Waals surface area contributed by atoms with Crippen molar-refractivity contribution in [2.24, 2.45) is 5.92 Å². The Morgan fingerprint density at radius 3 is 2.07 bits per heavy atom. The van der Waals surface area contributed by atoms with Crippen molar-refractivity contribution in [1.82, 2.24) is 10.2 Å². The molecule has 1 heterocycles. The normalized spacial score (nSPS) is 15.0. The number of likely N-dealkylation sites (tertiary alicyclic amines) is 1. The van der Waals surface area contributed by atoms with Crippen LogP contribution in [0.15, 0.2) is 54.6 Å². The zero-order valence-electron chi connectivity index (χ0n) is 18.0. The molecule has 0 aromatic heterocycles. The fraction of sp³-hybridized carbons (Fsp3) is 0.400. The summed E-state index contributed by atoms with van der Waals surface area (Å²) >= 11 is 0. The van der Waals surface area contributed by atoms with Gasteiger partial charge in [-0.25, -0.2) is 0 Å². The van der Waals surface area contributed by atoms with E-state index in [1.165, 1.54) is 0 Å². The van der Waals surface area contributed by atoms with E-state index in [0.29, 0.717) is 31.5 Å². The molecule has 3 rings (SSSR count). The van der Waals surface area contributed by atoms with E-state index in [4.69, 9.17) is 0 Å². The minimum atomic E-state index is -0.252. The number of hydrogen-bond donors (Lipinski definition) is 1. The summed E-state index contributed by atoms with van der Waals surface area (Å²) in [6.07, 6.45) is 1.31. The average Bonchev–Trinajstić information content (AvgIpc) is 2.77. The van der Waals surface area contributed by atoms with Gasteiger partial charge in [0.15, 0.2) is 5.78 Å². The zero-order valence-corrected chi connectivity index (χ0v) is 18.0. The molecule has 1 aliphatic rings. The maximum atomic E-state index is 12.6. The summed E-state index contributed by atoms with van der Waals surface area (Å²) in [6.45, 7) is 7.42. The SMILES string of the molecule is CC(C)(C)c1ccc(C(=O)NCC(=O)N2CCC(C(=O)c3ccccc3)CC2)cc1. The quantitative estimate of drug-likeness (QED) is 0.768. The van der Waals surface area contributed by atoms with Crippen LogP contribution in [-0.4, -0.2) is 42.1 Å². The summed E-state index contributed by atoms with van der Waals surface area (Å²) in [5.74, 6) is -0.264. The van der Waals surface area contributed by atoms with Crippen LogP contribution in [0.2, 0.25) is 0 Å². The van der Waals surface area contributed by atoms with Crippen molar-refractivity contribution in [3.05, 3.63) is 71.3 Å². The molecule has 0 bridgehead atoms. The predicted octanol–water partition coefficient (Wildman–Crippen LogP) is 3.84. The molecule has 1 aliphatic heterocycles. The van der Waals surface area contributed by atoms with Gasteiger partial charge in [-0.1, -0.05) is 63.2 Å². The Balaban J connectivity index is 1.47. The summed E-state index contributed by atoms with van der Waals surface area (Å²) in [6, 6.07) is 16.8. The molecular formula is C25H30N2O3. The average molecular weight is 407 g/mol. The molecule has 2 amide bonds. The second-order valence-corrected chi connectivity index (χ2v) is 8.90. The van der Waals surface area contributed by atoms with E-state index < -0.39 is 0 Å². The zero-order chi connectivity index (χ0) is 21.7. The molecule has 1 N–H and O–H groups in total. The number of benzene rings is 2. The topological polar surface area (TPSA) is 66.5 Å². The van der Waals surface area contributed by atoms with Crippen LogP contribution in [0, 0.1) is 5.92 Å². The Kier molecular flexibility index (Phi) is 6.70. The van der Waals surface area contributed by atoms with Crippen LogP contribution < -0.4 is 5.32 Å². The summed E-state index contributed by atoms with van der Waals surface area (Å²) in [5.41, 5.74) is 2.46. The molecule has 0 atom stereocenters. The lowest BCUT2D eigenvalue weighted by Crippen LogP contribution is -2.45. The van der Waals surface area contributed by atoms with Gasteiger partial charge in [0.2, 0.25) is 5.91 Å². The number of rotatable bonds is 5. The van der Waals surface area contributed by atoms with Crippen LogP contribution in [0.4, 0.5) is 0 Å². The Bertz CT molecular complexity index is 890. The predicted molar refractivity (Wildman–Crippen MR) is 118 cm³/mol. The first-order valence-corrected chi connectivity index (χ1v) is 10.5. The molecule has 1 saturated heterocycles. The Hall–Kier alpha value is -2.95. The summed E-state index contributed by atoms with van der Waals surface area (Å²) in [5, 5.41) is 2.72. The fourth-order valence-electron chi connectivity index (χ4n) is 3.72. The van der Waals surface area contributed by atoms with Crippen molar-refractivity contribution in [2.75, 3.05) is 19.6 Å². The molecular weight excluding hydrogens is 376 g/mol. The highest BCUT2D eigenvalue weighted by Crippen LogP contribution is 2.23. The van der Waals surface area contributed by atoms with Gasteiger partial charge in [-0.3, -0.25) is 14.4 Å². The molecule has 0 saturated carbocycles. The number of nitrogens with one attached hydrogen (secondary N) is 1. The van der Waals surface area contributed by atoms with E-state index in [0.717, 1.165) is 11.1 Å². The first kappa shape index (κ1) is 21.8. The number of piperidine rings is 1. The molecule has 5 nitrogen and oxygen atoms in total. The first-order chi connectivity index (χ1) is 14.3. The van der Waals surface area contributed by atoms with Crippen LogP contribution in [0.1, 0.15) is 59.9 Å². The number of carbonyl (C=O) groups excluding carboxylic acids is 3. The minimum absolute atomic E-state index is 0.0268. The third-order valence-corrected chi connectivity index (χ3v) is 5.69. The number of ketones is 1. The van der Waals surface area contributed by atoms with Crippen molar-refractivity contribution < 1.29 is 14.4 Å². The van der Waals surface area contributed by atoms with Gasteiger partial charge in [-0.15, -0.1) is 0 Å². The highest BCUT2D eigenvalue weighted by atomic mass is 16.2. The fourth-order valence-corrected chi connectivity index (χ4v) is 3.72. The Morgan fingerprint density at radius 1 is 0.900 bits per heavy atom. The number of nitrogens with zero attached hydrogens (tertiary/aromatic N) is 1. The van der Waals surface area contributed by atoms with Crippen molar-refractivity contribution >= 4 is 17.6 Å². The van der Waals surface area contributed by atoms with Crippen LogP contribution in [0.3, 0.4) is 0 Å². The standard InChI is InChI=1S/C25H30N2O3/c1-25(2,3)21-11-9-20(10-12-21)24(30)26-17-22(28)27-15-13-19(14-16-27)23(29)18-7-5-4-6-8-18/h4-12,19H,13-17H2,1-3H3,(H,26,30). The van der Waals surface area contributed by atoms with Gasteiger partial charge in [0.05, 0.1) is 6.54 Å². The Labute approximate surface area is 178 Å². The number of carbonyl (C=O) groups is 3. The smallest absolute Gasteiger partial charge is 0.251 e. The van der Waals surface area contributed by atoms with Crippen molar-refractivity contribution in [3.8, 4) is 0 Å². The van der Waals surface area contributed by atoms with E-state index in [1.807, 2.05) is 42.5 Å². The third-order valence-electron chi connectivity index (χ3n) is 5.69. The molecule has 5 heteroatoms. The van der Waals surface area contributed by atoms with E-state index in [1.54, 1.807) is 17.0 Å². The maximum absolute atomic E-state index is 12.6. The highest BCUT2D eigenvalue weighted by Gasteiger charge is 2.28. The number of amides is 2. The van der Waals surface area contributed by atoms with E-state index in [-0.39, 0.29) is 35.5 Å². The van der Waals surface area contributed by atoms with Crippen LogP contribution in [0.5, 0.6) is 0 Å². The third kappa shape index (κ3) is 5.35. The van der Waals surface area contributed by atoms with E-state index in [2.05, 4.69) is 26.1 Å². The first-order valence-electron chi connectivity index (χ1n) is 10.5. The van der Waals surface area contributed by atoms with Gasteiger partial charge in [0.1, 0.15) is 0 Å². The molecule has 0 spiro atoms. The molecule has 2 aromatic rings. The van der Waals surface area contributed by atoms with Crippen LogP contribution >= 0.6 is 0 Å². The molecule has 1 fully saturated rings. The van der Waals surface area contributed by atoms with E-state index >= 15 is 0 Å². The lowest BCUT2D eigenvalue weighted by atomic mass is 9.87. The maximum Gasteiger partial charge on any atom is 0.251 e. The second kappa shape index (κ2) is 9.24. The number of Topliss-reactive ketones (excluding diaryl/α,β-unsaturated/α-hetero) is 1. The second-order valence-electron chi connectivity index (χ2n) is 8.90. The van der Waals surface area contributed by atoms with Gasteiger partial charge in [-0.2, -0.15) is 0 Å². The van der Waals surface area contributed by atoms with Crippen molar-refractivity contribution in [1.29, 1.82) is 0 Å². The summed E-state index contributed by atoms with van der Waals surface area (Å²) in [4.78, 5) is 39.2.